The smallest absolute Gasteiger partial charge is 0.311 e. The third-order valence-corrected chi connectivity index (χ3v) is 9.04. The minimum absolute atomic E-state index is 0.00195. The number of rotatable bonds is 18. The van der Waals surface area contributed by atoms with Crippen LogP contribution in [-0.2, 0) is 4.79 Å². The molecule has 44 heavy (non-hydrogen) atoms. The summed E-state index contributed by atoms with van der Waals surface area (Å²) in [5.41, 5.74) is 4.65. The van der Waals surface area contributed by atoms with E-state index in [2.05, 4.69) is 26.8 Å². The molecule has 4 N–H and O–H groups in total. The zero-order chi connectivity index (χ0) is 31.9. The summed E-state index contributed by atoms with van der Waals surface area (Å²) in [4.78, 5) is 12.5. The molecular weight excluding hydrogens is 552 g/mol. The van der Waals surface area contributed by atoms with Crippen molar-refractivity contribution in [3.8, 4) is 11.5 Å². The van der Waals surface area contributed by atoms with Gasteiger partial charge in [-0.15, -0.1) is 0 Å². The van der Waals surface area contributed by atoms with Crippen LogP contribution in [0.4, 0.5) is 0 Å². The highest BCUT2D eigenvalue weighted by atomic mass is 16.5. The van der Waals surface area contributed by atoms with Crippen molar-refractivity contribution in [3.05, 3.63) is 71.8 Å². The normalized spacial score (nSPS) is 21.4. The molecule has 3 rings (SSSR count). The molecule has 1 fully saturated rings. The molecule has 242 valence electrons. The first-order chi connectivity index (χ1) is 21.3. The Morgan fingerprint density at radius 2 is 1.45 bits per heavy atom. The van der Waals surface area contributed by atoms with E-state index in [1.54, 1.807) is 12.1 Å². The lowest BCUT2D eigenvalue weighted by Gasteiger charge is -2.23. The molecule has 2 aromatic carbocycles. The molecule has 0 bridgehead atoms. The summed E-state index contributed by atoms with van der Waals surface area (Å²) in [6.45, 7) is 6.41. The molecule has 6 heteroatoms. The summed E-state index contributed by atoms with van der Waals surface area (Å²) in [7, 11) is 0. The summed E-state index contributed by atoms with van der Waals surface area (Å²) in [5.74, 6) is 0.519. The average molecular weight is 607 g/mol. The molecule has 1 saturated carbocycles. The number of carbonyl (C=O) groups excluding carboxylic acids is 1. The van der Waals surface area contributed by atoms with Crippen LogP contribution in [-0.4, -0.2) is 44.7 Å². The van der Waals surface area contributed by atoms with E-state index in [0.29, 0.717) is 37.9 Å². The minimum atomic E-state index is -0.525. The van der Waals surface area contributed by atoms with E-state index in [4.69, 9.17) is 4.74 Å². The van der Waals surface area contributed by atoms with Crippen LogP contribution in [0.1, 0.15) is 115 Å². The molecule has 1 aliphatic rings. The van der Waals surface area contributed by atoms with Gasteiger partial charge in [0.15, 0.2) is 0 Å². The van der Waals surface area contributed by atoms with Gasteiger partial charge in [-0.3, -0.25) is 4.79 Å². The van der Waals surface area contributed by atoms with E-state index >= 15 is 0 Å². The summed E-state index contributed by atoms with van der Waals surface area (Å²) < 4.78 is 5.58. The van der Waals surface area contributed by atoms with E-state index < -0.39 is 12.2 Å². The Morgan fingerprint density at radius 1 is 0.841 bits per heavy atom. The highest BCUT2D eigenvalue weighted by Gasteiger charge is 2.40. The number of phenolic OH excluding ortho intramolecular Hbond substituents is 1. The van der Waals surface area contributed by atoms with Crippen molar-refractivity contribution in [1.82, 2.24) is 0 Å². The van der Waals surface area contributed by atoms with Crippen LogP contribution in [0.5, 0.6) is 11.5 Å². The highest BCUT2D eigenvalue weighted by Crippen LogP contribution is 2.39. The maximum atomic E-state index is 12.5. The van der Waals surface area contributed by atoms with E-state index in [-0.39, 0.29) is 29.7 Å². The van der Waals surface area contributed by atoms with Crippen LogP contribution in [0.15, 0.2) is 60.7 Å². The number of aromatic hydroxyl groups is 1. The molecule has 2 aromatic rings. The predicted molar refractivity (Wildman–Crippen MR) is 178 cm³/mol. The molecule has 6 nitrogen and oxygen atoms in total. The predicted octanol–water partition coefficient (Wildman–Crippen LogP) is 8.22. The van der Waals surface area contributed by atoms with Crippen molar-refractivity contribution >= 4 is 17.1 Å². The Hall–Kier alpha value is -2.93. The number of phenols is 1. The largest absolute Gasteiger partial charge is 0.508 e. The van der Waals surface area contributed by atoms with Crippen LogP contribution >= 0.6 is 0 Å². The Balaban J connectivity index is 1.43. The summed E-state index contributed by atoms with van der Waals surface area (Å²) >= 11 is 0. The quantitative estimate of drug-likeness (QED) is 0.0448. The molecule has 0 spiro atoms. The van der Waals surface area contributed by atoms with Crippen LogP contribution in [0.2, 0.25) is 0 Å². The van der Waals surface area contributed by atoms with Gasteiger partial charge in [0.1, 0.15) is 11.5 Å². The van der Waals surface area contributed by atoms with E-state index in [1.165, 1.54) is 11.1 Å². The van der Waals surface area contributed by atoms with E-state index in [9.17, 15) is 25.2 Å². The number of ether oxygens (including phenoxy) is 1. The van der Waals surface area contributed by atoms with E-state index in [1.807, 2.05) is 42.5 Å². The first-order valence-corrected chi connectivity index (χ1v) is 16.8. The highest BCUT2D eigenvalue weighted by molar-refractivity contribution is 5.91. The third kappa shape index (κ3) is 10.9. The number of carbonyl (C=O) groups is 1. The van der Waals surface area contributed by atoms with Gasteiger partial charge >= 0.3 is 5.97 Å². The second-order valence-electron chi connectivity index (χ2n) is 12.2. The number of esters is 1. The Labute approximate surface area is 264 Å². The van der Waals surface area contributed by atoms with Crippen LogP contribution in [0, 0.1) is 11.8 Å². The van der Waals surface area contributed by atoms with Gasteiger partial charge in [-0.2, -0.15) is 0 Å². The monoisotopic (exact) mass is 606 g/mol. The number of hydrogen-bond donors (Lipinski definition) is 4. The van der Waals surface area contributed by atoms with Crippen molar-refractivity contribution in [2.75, 3.05) is 0 Å². The first kappa shape index (κ1) is 35.5. The number of aliphatic hydroxyl groups is 3. The van der Waals surface area contributed by atoms with Gasteiger partial charge in [0.2, 0.25) is 0 Å². The number of hydrogen-bond acceptors (Lipinski definition) is 6. The fourth-order valence-electron chi connectivity index (χ4n) is 6.55. The van der Waals surface area contributed by atoms with Gasteiger partial charge < -0.3 is 25.2 Å². The van der Waals surface area contributed by atoms with Crippen LogP contribution in [0.25, 0.3) is 11.1 Å². The lowest BCUT2D eigenvalue weighted by atomic mass is 9.85. The van der Waals surface area contributed by atoms with Gasteiger partial charge in [-0.25, -0.2) is 0 Å². The summed E-state index contributed by atoms with van der Waals surface area (Å²) in [6, 6.07) is 15.0. The van der Waals surface area contributed by atoms with Gasteiger partial charge in [0.25, 0.3) is 0 Å². The molecule has 0 heterocycles. The fraction of sp³-hybridized carbons (Fsp3) is 0.553. The standard InChI is InChI=1S/C38H54O6/c1-4-7-10-13-29(39)22-25-35-34(36(41)26-37(35)42)14-11-8-9-12-15-38(43)44-31-23-18-28(19-24-31)33(6-3)32(5-2)27-16-20-30(40)21-17-27/h8,11,16-21,23-24,29,34-37,39-42H,4-7,9-10,12-15,22,25-26H2,1-3H3/t29?,34?,35-,36?,37?/m1/s1. The zero-order valence-corrected chi connectivity index (χ0v) is 27.0. The summed E-state index contributed by atoms with van der Waals surface area (Å²) in [6.07, 6.45) is 12.7. The Morgan fingerprint density at radius 3 is 2.07 bits per heavy atom. The molecule has 4 unspecified atom stereocenters. The third-order valence-electron chi connectivity index (χ3n) is 9.04. The molecular formula is C38H54O6. The summed E-state index contributed by atoms with van der Waals surface area (Å²) in [5, 5.41) is 41.0. The second kappa shape index (κ2) is 18.8. The molecule has 0 radical (unpaired) electrons. The first-order valence-electron chi connectivity index (χ1n) is 16.8. The lowest BCUT2D eigenvalue weighted by Crippen LogP contribution is -2.23. The van der Waals surface area contributed by atoms with Crippen molar-refractivity contribution in [2.45, 2.75) is 123 Å². The number of allylic oxidation sites excluding steroid dienone is 4. The minimum Gasteiger partial charge on any atom is -0.508 e. The zero-order valence-electron chi connectivity index (χ0n) is 27.0. The van der Waals surface area contributed by atoms with Crippen molar-refractivity contribution in [2.24, 2.45) is 11.8 Å². The fourth-order valence-corrected chi connectivity index (χ4v) is 6.55. The van der Waals surface area contributed by atoms with Crippen molar-refractivity contribution < 1.29 is 30.0 Å². The molecule has 5 atom stereocenters. The van der Waals surface area contributed by atoms with Gasteiger partial charge in [-0.1, -0.05) is 76.5 Å². The molecule has 1 aliphatic carbocycles. The molecule has 0 aliphatic heterocycles. The number of unbranched alkanes of at least 4 members (excludes halogenated alkanes) is 3. The van der Waals surface area contributed by atoms with Crippen molar-refractivity contribution in [3.63, 3.8) is 0 Å². The second-order valence-corrected chi connectivity index (χ2v) is 12.2. The van der Waals surface area contributed by atoms with Crippen LogP contribution in [0.3, 0.4) is 0 Å². The van der Waals surface area contributed by atoms with E-state index in [0.717, 1.165) is 62.5 Å². The molecule has 0 saturated heterocycles. The number of benzene rings is 2. The van der Waals surface area contributed by atoms with Gasteiger partial charge in [0, 0.05) is 6.42 Å². The lowest BCUT2D eigenvalue weighted by molar-refractivity contribution is -0.134. The SMILES string of the molecule is CCCCCC(O)CC[C@H]1C(O)CC(O)C1CC=CCCCC(=O)Oc1ccc(C(CC)=C(CC)c2ccc(O)cc2)cc1. The molecule has 0 amide bonds. The Kier molecular flexibility index (Phi) is 15.2. The van der Waals surface area contributed by atoms with Crippen molar-refractivity contribution in [1.29, 1.82) is 0 Å². The average Bonchev–Trinajstić information content (AvgIpc) is 3.28. The maximum absolute atomic E-state index is 12.5. The van der Waals surface area contributed by atoms with Gasteiger partial charge in [0.05, 0.1) is 18.3 Å². The van der Waals surface area contributed by atoms with Crippen LogP contribution < -0.4 is 4.74 Å². The molecule has 0 aromatic heterocycles. The Bertz CT molecular complexity index is 1180. The maximum Gasteiger partial charge on any atom is 0.311 e. The topological polar surface area (TPSA) is 107 Å². The van der Waals surface area contributed by atoms with Gasteiger partial charge in [-0.05, 0) is 116 Å². The number of aliphatic hydroxyl groups excluding tert-OH is 3.